The molecule has 0 bridgehead atoms. The second-order valence-electron chi connectivity index (χ2n) is 3.49. The van der Waals surface area contributed by atoms with E-state index < -0.39 is 12.1 Å². The molecule has 0 unspecified atom stereocenters. The van der Waals surface area contributed by atoms with Crippen LogP contribution in [0.1, 0.15) is 0 Å². The zero-order valence-electron chi connectivity index (χ0n) is 7.87. The monoisotopic (exact) mass is 217 g/mol. The van der Waals surface area contributed by atoms with Crippen molar-refractivity contribution in [3.8, 4) is 5.75 Å². The minimum absolute atomic E-state index is 0.0849. The van der Waals surface area contributed by atoms with Crippen LogP contribution in [-0.2, 0) is 0 Å². The highest BCUT2D eigenvalue weighted by atomic mass is 19.4. The number of hydrogen-bond acceptors (Lipinski definition) is 2. The molecule has 0 saturated carbocycles. The van der Waals surface area contributed by atoms with Crippen molar-refractivity contribution in [2.24, 2.45) is 5.92 Å². The van der Waals surface area contributed by atoms with Crippen molar-refractivity contribution >= 4 is 0 Å². The number of para-hydroxylation sites is 1. The van der Waals surface area contributed by atoms with Gasteiger partial charge in [0, 0.05) is 13.1 Å². The van der Waals surface area contributed by atoms with Gasteiger partial charge in [-0.05, 0) is 12.1 Å². The molecule has 1 saturated heterocycles. The topological polar surface area (TPSA) is 12.5 Å². The van der Waals surface area contributed by atoms with Crippen LogP contribution in [0.4, 0.5) is 13.2 Å². The maximum absolute atomic E-state index is 12.1. The van der Waals surface area contributed by atoms with E-state index in [1.165, 1.54) is 5.06 Å². The van der Waals surface area contributed by atoms with Gasteiger partial charge in [0.25, 0.3) is 0 Å². The maximum Gasteiger partial charge on any atom is 0.394 e. The van der Waals surface area contributed by atoms with Crippen LogP contribution in [0.5, 0.6) is 5.75 Å². The lowest BCUT2D eigenvalue weighted by molar-refractivity contribution is -0.256. The van der Waals surface area contributed by atoms with Crippen LogP contribution < -0.4 is 4.84 Å². The SMILES string of the molecule is FC(F)(F)C1CN(Oc2ccccc2)C1. The molecule has 15 heavy (non-hydrogen) atoms. The summed E-state index contributed by atoms with van der Waals surface area (Å²) in [6, 6.07) is 8.79. The summed E-state index contributed by atoms with van der Waals surface area (Å²) in [5.74, 6) is -0.681. The van der Waals surface area contributed by atoms with Crippen LogP contribution in [-0.4, -0.2) is 24.3 Å². The highest BCUT2D eigenvalue weighted by Crippen LogP contribution is 2.33. The van der Waals surface area contributed by atoms with E-state index in [0.717, 1.165) is 0 Å². The van der Waals surface area contributed by atoms with Crippen molar-refractivity contribution in [3.63, 3.8) is 0 Å². The molecular weight excluding hydrogens is 207 g/mol. The third kappa shape index (κ3) is 2.41. The lowest BCUT2D eigenvalue weighted by Gasteiger charge is -2.38. The summed E-state index contributed by atoms with van der Waals surface area (Å²) >= 11 is 0. The predicted octanol–water partition coefficient (Wildman–Crippen LogP) is 2.47. The summed E-state index contributed by atoms with van der Waals surface area (Å²) < 4.78 is 36.4. The molecule has 0 atom stereocenters. The van der Waals surface area contributed by atoms with Gasteiger partial charge in [0.05, 0.1) is 5.92 Å². The molecule has 0 amide bonds. The van der Waals surface area contributed by atoms with Gasteiger partial charge in [-0.3, -0.25) is 0 Å². The summed E-state index contributed by atoms with van der Waals surface area (Å²) in [5, 5.41) is 1.31. The molecule has 0 aromatic heterocycles. The summed E-state index contributed by atoms with van der Waals surface area (Å²) in [7, 11) is 0. The Morgan fingerprint density at radius 1 is 1.13 bits per heavy atom. The Labute approximate surface area is 85.2 Å². The second-order valence-corrected chi connectivity index (χ2v) is 3.49. The number of alkyl halides is 3. The molecule has 2 nitrogen and oxygen atoms in total. The van der Waals surface area contributed by atoms with Gasteiger partial charge >= 0.3 is 6.18 Å². The normalized spacial score (nSPS) is 18.6. The minimum atomic E-state index is -4.10. The van der Waals surface area contributed by atoms with Crippen molar-refractivity contribution in [2.45, 2.75) is 6.18 Å². The molecule has 1 aromatic rings. The van der Waals surface area contributed by atoms with Gasteiger partial charge in [0.2, 0.25) is 0 Å². The highest BCUT2D eigenvalue weighted by molar-refractivity contribution is 5.20. The lowest BCUT2D eigenvalue weighted by atomic mass is 10.0. The summed E-state index contributed by atoms with van der Waals surface area (Å²) in [5.41, 5.74) is 0. The molecule has 1 fully saturated rings. The van der Waals surface area contributed by atoms with Gasteiger partial charge in [-0.2, -0.15) is 13.2 Å². The Hall–Kier alpha value is -1.23. The number of rotatable bonds is 2. The average Bonchev–Trinajstić information content (AvgIpc) is 2.10. The van der Waals surface area contributed by atoms with Crippen molar-refractivity contribution < 1.29 is 18.0 Å². The molecule has 2 rings (SSSR count). The number of hydrogen-bond donors (Lipinski definition) is 0. The third-order valence-electron chi connectivity index (χ3n) is 2.29. The van der Waals surface area contributed by atoms with Crippen molar-refractivity contribution in [1.82, 2.24) is 5.06 Å². The first kappa shape index (κ1) is 10.3. The fourth-order valence-electron chi connectivity index (χ4n) is 1.35. The van der Waals surface area contributed by atoms with E-state index in [9.17, 15) is 13.2 Å². The summed E-state index contributed by atoms with van der Waals surface area (Å²) in [6.45, 7) is -0.170. The Morgan fingerprint density at radius 2 is 1.73 bits per heavy atom. The van der Waals surface area contributed by atoms with E-state index in [1.54, 1.807) is 24.3 Å². The summed E-state index contributed by atoms with van der Waals surface area (Å²) in [6.07, 6.45) is -4.10. The van der Waals surface area contributed by atoms with Crippen molar-refractivity contribution in [2.75, 3.05) is 13.1 Å². The van der Waals surface area contributed by atoms with Crippen molar-refractivity contribution in [1.29, 1.82) is 0 Å². The standard InChI is InChI=1S/C10H10F3NO/c11-10(12,13)8-6-14(7-8)15-9-4-2-1-3-5-9/h1-5,8H,6-7H2. The zero-order valence-corrected chi connectivity index (χ0v) is 7.87. The van der Waals surface area contributed by atoms with E-state index in [0.29, 0.717) is 5.75 Å². The zero-order chi connectivity index (χ0) is 10.9. The lowest BCUT2D eigenvalue weighted by Crippen LogP contribution is -2.54. The minimum Gasteiger partial charge on any atom is -0.406 e. The number of nitrogens with zero attached hydrogens (tertiary/aromatic N) is 1. The van der Waals surface area contributed by atoms with Crippen LogP contribution in [0.2, 0.25) is 0 Å². The van der Waals surface area contributed by atoms with Crippen LogP contribution >= 0.6 is 0 Å². The van der Waals surface area contributed by atoms with Gasteiger partial charge < -0.3 is 4.84 Å². The molecule has 1 aliphatic heterocycles. The largest absolute Gasteiger partial charge is 0.406 e. The molecule has 1 heterocycles. The van der Waals surface area contributed by atoms with Crippen LogP contribution in [0.15, 0.2) is 30.3 Å². The Bertz CT molecular complexity index is 319. The van der Waals surface area contributed by atoms with E-state index >= 15 is 0 Å². The number of benzene rings is 1. The van der Waals surface area contributed by atoms with E-state index in [-0.39, 0.29) is 13.1 Å². The van der Waals surface area contributed by atoms with Gasteiger partial charge in [-0.25, -0.2) is 0 Å². The Kier molecular flexibility index (Phi) is 2.56. The quantitative estimate of drug-likeness (QED) is 0.754. The van der Waals surface area contributed by atoms with E-state index in [4.69, 9.17) is 4.84 Å². The molecule has 5 heteroatoms. The second kappa shape index (κ2) is 3.73. The first-order valence-electron chi connectivity index (χ1n) is 4.60. The van der Waals surface area contributed by atoms with Gasteiger partial charge in [-0.1, -0.05) is 18.2 Å². The first-order chi connectivity index (χ1) is 7.05. The third-order valence-corrected chi connectivity index (χ3v) is 2.29. The first-order valence-corrected chi connectivity index (χ1v) is 4.60. The summed E-state index contributed by atoms with van der Waals surface area (Å²) in [4.78, 5) is 5.21. The molecule has 0 aliphatic carbocycles. The van der Waals surface area contributed by atoms with Gasteiger partial charge in [0.1, 0.15) is 5.75 Å². The molecule has 0 N–H and O–H groups in total. The van der Waals surface area contributed by atoms with E-state index in [2.05, 4.69) is 0 Å². The Balaban J connectivity index is 1.82. The predicted molar refractivity (Wildman–Crippen MR) is 48.2 cm³/mol. The number of hydroxylamine groups is 2. The fraction of sp³-hybridized carbons (Fsp3) is 0.400. The fourth-order valence-corrected chi connectivity index (χ4v) is 1.35. The Morgan fingerprint density at radius 3 is 2.27 bits per heavy atom. The van der Waals surface area contributed by atoms with Crippen LogP contribution in [0.25, 0.3) is 0 Å². The van der Waals surface area contributed by atoms with Crippen LogP contribution in [0.3, 0.4) is 0 Å². The smallest absolute Gasteiger partial charge is 0.394 e. The molecule has 82 valence electrons. The van der Waals surface area contributed by atoms with Gasteiger partial charge in [-0.15, -0.1) is 5.06 Å². The van der Waals surface area contributed by atoms with Gasteiger partial charge in [0.15, 0.2) is 0 Å². The van der Waals surface area contributed by atoms with Crippen molar-refractivity contribution in [3.05, 3.63) is 30.3 Å². The van der Waals surface area contributed by atoms with Crippen LogP contribution in [0, 0.1) is 5.92 Å². The number of halogens is 3. The molecule has 0 spiro atoms. The average molecular weight is 217 g/mol. The van der Waals surface area contributed by atoms with E-state index in [1.807, 2.05) is 6.07 Å². The molecular formula is C10H10F3NO. The molecule has 1 aliphatic rings. The maximum atomic E-state index is 12.1. The highest BCUT2D eigenvalue weighted by Gasteiger charge is 2.48. The molecule has 1 aromatic carbocycles. The molecule has 0 radical (unpaired) electrons.